The predicted molar refractivity (Wildman–Crippen MR) is 90.6 cm³/mol. The van der Waals surface area contributed by atoms with Gasteiger partial charge in [0, 0.05) is 10.9 Å². The Hall–Kier alpha value is -2.00. The first-order valence-electron chi connectivity index (χ1n) is 7.12. The average molecular weight is 294 g/mol. The molecule has 0 amide bonds. The maximum Gasteiger partial charge on any atom is 0.127 e. The Kier molecular flexibility index (Phi) is 3.84. The molecule has 106 valence electrons. The van der Waals surface area contributed by atoms with E-state index in [1.807, 2.05) is 6.08 Å². The van der Waals surface area contributed by atoms with Gasteiger partial charge in [-0.05, 0) is 28.8 Å². The summed E-state index contributed by atoms with van der Waals surface area (Å²) in [7, 11) is 0. The smallest absolute Gasteiger partial charge is 0.127 e. The molecule has 1 aromatic carbocycles. The number of aromatic nitrogens is 2. The largest absolute Gasteiger partial charge is 0.236 e. The molecule has 0 aliphatic rings. The Morgan fingerprint density at radius 1 is 1.14 bits per heavy atom. The molecule has 2 nitrogen and oxygen atoms in total. The van der Waals surface area contributed by atoms with Gasteiger partial charge in [0.2, 0.25) is 0 Å². The van der Waals surface area contributed by atoms with E-state index in [0.29, 0.717) is 11.8 Å². The van der Waals surface area contributed by atoms with E-state index in [-0.39, 0.29) is 0 Å². The molecule has 3 aromatic rings. The Balaban J connectivity index is 2.19. The highest BCUT2D eigenvalue weighted by Gasteiger charge is 2.18. The fraction of sp³-hybridized carbons (Fsp3) is 0.222. The quantitative estimate of drug-likeness (QED) is 0.611. The summed E-state index contributed by atoms with van der Waals surface area (Å²) in [6, 6.07) is 10.6. The highest BCUT2D eigenvalue weighted by atomic mass is 32.1. The Bertz CT molecular complexity index is 775. The molecule has 0 spiro atoms. The molecule has 0 aliphatic heterocycles. The van der Waals surface area contributed by atoms with E-state index in [1.165, 1.54) is 11.1 Å². The van der Waals surface area contributed by atoms with Crippen LogP contribution in [0.4, 0.5) is 0 Å². The predicted octanol–water partition coefficient (Wildman–Crippen LogP) is 5.28. The zero-order chi connectivity index (χ0) is 14.8. The molecule has 0 radical (unpaired) electrons. The first kappa shape index (κ1) is 14.0. The van der Waals surface area contributed by atoms with E-state index in [4.69, 9.17) is 0 Å². The van der Waals surface area contributed by atoms with Crippen molar-refractivity contribution in [2.45, 2.75) is 19.8 Å². The molecule has 0 N–H and O–H groups in total. The van der Waals surface area contributed by atoms with Gasteiger partial charge in [-0.3, -0.25) is 0 Å². The summed E-state index contributed by atoms with van der Waals surface area (Å²) in [5.74, 6) is 0.827. The minimum Gasteiger partial charge on any atom is -0.236 e. The number of hydrogen-bond donors (Lipinski definition) is 0. The molecule has 0 bridgehead atoms. The molecule has 2 aromatic heterocycles. The lowest BCUT2D eigenvalue weighted by atomic mass is 9.85. The molecule has 2 heterocycles. The SMILES string of the molecule is C=CC(C)C(C)c1ccccc1-c1ncnc2sccc12. The maximum absolute atomic E-state index is 4.55. The standard InChI is InChI=1S/C18H18N2S/c1-4-12(2)13(3)14-7-5-6-8-15(14)17-16-9-10-21-18(16)20-11-19-17/h4-13H,1H2,2-3H3. The topological polar surface area (TPSA) is 25.8 Å². The van der Waals surface area contributed by atoms with Crippen molar-refractivity contribution >= 4 is 21.6 Å². The van der Waals surface area contributed by atoms with Crippen LogP contribution in [0.25, 0.3) is 21.5 Å². The number of allylic oxidation sites excluding steroid dienone is 1. The number of benzene rings is 1. The third-order valence-electron chi connectivity index (χ3n) is 4.13. The van der Waals surface area contributed by atoms with E-state index in [0.717, 1.165) is 15.9 Å². The first-order chi connectivity index (χ1) is 10.2. The summed E-state index contributed by atoms with van der Waals surface area (Å²) in [5.41, 5.74) is 3.54. The normalized spacial score (nSPS) is 14.0. The van der Waals surface area contributed by atoms with Crippen molar-refractivity contribution in [1.29, 1.82) is 0 Å². The molecule has 0 saturated carbocycles. The van der Waals surface area contributed by atoms with Gasteiger partial charge in [-0.2, -0.15) is 0 Å². The molecular weight excluding hydrogens is 276 g/mol. The van der Waals surface area contributed by atoms with Crippen LogP contribution in [0, 0.1) is 5.92 Å². The number of thiophene rings is 1. The van der Waals surface area contributed by atoms with Gasteiger partial charge in [0.05, 0.1) is 5.69 Å². The first-order valence-corrected chi connectivity index (χ1v) is 8.00. The Morgan fingerprint density at radius 3 is 2.76 bits per heavy atom. The van der Waals surface area contributed by atoms with Gasteiger partial charge >= 0.3 is 0 Å². The van der Waals surface area contributed by atoms with Gasteiger partial charge in [0.1, 0.15) is 11.2 Å². The molecule has 3 heteroatoms. The Morgan fingerprint density at radius 2 is 1.95 bits per heavy atom. The minimum atomic E-state index is 0.405. The second kappa shape index (κ2) is 5.78. The van der Waals surface area contributed by atoms with Gasteiger partial charge in [-0.15, -0.1) is 17.9 Å². The number of rotatable bonds is 4. The van der Waals surface area contributed by atoms with Crippen LogP contribution in [-0.2, 0) is 0 Å². The van der Waals surface area contributed by atoms with Crippen LogP contribution in [0.5, 0.6) is 0 Å². The highest BCUT2D eigenvalue weighted by molar-refractivity contribution is 7.16. The van der Waals surface area contributed by atoms with Gasteiger partial charge in [-0.1, -0.05) is 44.2 Å². The van der Waals surface area contributed by atoms with Crippen molar-refractivity contribution in [3.8, 4) is 11.3 Å². The van der Waals surface area contributed by atoms with E-state index in [2.05, 4.69) is 66.1 Å². The van der Waals surface area contributed by atoms with E-state index in [1.54, 1.807) is 17.7 Å². The fourth-order valence-corrected chi connectivity index (χ4v) is 3.33. The van der Waals surface area contributed by atoms with Crippen molar-refractivity contribution in [3.05, 3.63) is 60.3 Å². The molecule has 0 fully saturated rings. The number of nitrogens with zero attached hydrogens (tertiary/aromatic N) is 2. The van der Waals surface area contributed by atoms with Gasteiger partial charge in [0.15, 0.2) is 0 Å². The third kappa shape index (κ3) is 2.49. The molecule has 0 aliphatic carbocycles. The zero-order valence-electron chi connectivity index (χ0n) is 12.3. The molecule has 2 atom stereocenters. The van der Waals surface area contributed by atoms with E-state index in [9.17, 15) is 0 Å². The van der Waals surface area contributed by atoms with Crippen molar-refractivity contribution in [1.82, 2.24) is 9.97 Å². The number of hydrogen-bond acceptors (Lipinski definition) is 3. The lowest BCUT2D eigenvalue weighted by Crippen LogP contribution is -2.05. The van der Waals surface area contributed by atoms with Crippen LogP contribution < -0.4 is 0 Å². The van der Waals surface area contributed by atoms with Crippen molar-refractivity contribution in [2.75, 3.05) is 0 Å². The third-order valence-corrected chi connectivity index (χ3v) is 4.95. The summed E-state index contributed by atoms with van der Waals surface area (Å²) in [4.78, 5) is 9.93. The fourth-order valence-electron chi connectivity index (χ4n) is 2.60. The van der Waals surface area contributed by atoms with Crippen LogP contribution in [0.2, 0.25) is 0 Å². The zero-order valence-corrected chi connectivity index (χ0v) is 13.1. The molecule has 3 rings (SSSR count). The second-order valence-electron chi connectivity index (χ2n) is 5.33. The lowest BCUT2D eigenvalue weighted by molar-refractivity contribution is 0.593. The molecular formula is C18H18N2S. The summed E-state index contributed by atoms with van der Waals surface area (Å²) in [6.07, 6.45) is 3.67. The minimum absolute atomic E-state index is 0.405. The van der Waals surface area contributed by atoms with Crippen molar-refractivity contribution in [2.24, 2.45) is 5.92 Å². The highest BCUT2D eigenvalue weighted by Crippen LogP contribution is 2.36. The molecule has 21 heavy (non-hydrogen) atoms. The van der Waals surface area contributed by atoms with E-state index >= 15 is 0 Å². The van der Waals surface area contributed by atoms with Gasteiger partial charge in [0.25, 0.3) is 0 Å². The molecule has 0 saturated heterocycles. The monoisotopic (exact) mass is 294 g/mol. The van der Waals surface area contributed by atoms with Crippen LogP contribution in [0.15, 0.2) is 54.7 Å². The van der Waals surface area contributed by atoms with Crippen LogP contribution >= 0.6 is 11.3 Å². The maximum atomic E-state index is 4.55. The number of fused-ring (bicyclic) bond motifs is 1. The van der Waals surface area contributed by atoms with Crippen LogP contribution in [-0.4, -0.2) is 9.97 Å². The van der Waals surface area contributed by atoms with Crippen LogP contribution in [0.1, 0.15) is 25.3 Å². The average Bonchev–Trinajstić information content (AvgIpc) is 3.02. The Labute approximate surface area is 129 Å². The van der Waals surface area contributed by atoms with E-state index < -0.39 is 0 Å². The second-order valence-corrected chi connectivity index (χ2v) is 6.23. The van der Waals surface area contributed by atoms with Crippen LogP contribution in [0.3, 0.4) is 0 Å². The summed E-state index contributed by atoms with van der Waals surface area (Å²) < 4.78 is 0. The van der Waals surface area contributed by atoms with Crippen molar-refractivity contribution < 1.29 is 0 Å². The van der Waals surface area contributed by atoms with Gasteiger partial charge < -0.3 is 0 Å². The summed E-state index contributed by atoms with van der Waals surface area (Å²) >= 11 is 1.65. The van der Waals surface area contributed by atoms with Gasteiger partial charge in [-0.25, -0.2) is 9.97 Å². The summed E-state index contributed by atoms with van der Waals surface area (Å²) in [5, 5.41) is 3.20. The molecule has 2 unspecified atom stereocenters. The summed E-state index contributed by atoms with van der Waals surface area (Å²) in [6.45, 7) is 8.38. The lowest BCUT2D eigenvalue weighted by Gasteiger charge is -2.20. The van der Waals surface area contributed by atoms with Crippen molar-refractivity contribution in [3.63, 3.8) is 0 Å².